The van der Waals surface area contributed by atoms with Gasteiger partial charge in [-0.05, 0) is 68.8 Å². The third-order valence-electron chi connectivity index (χ3n) is 10.2. The Hall–Kier alpha value is -6.65. The molecule has 4 nitrogen and oxygen atoms in total. The molecule has 1 aliphatic rings. The number of benzene rings is 7. The van der Waals surface area contributed by atoms with Crippen LogP contribution in [0.4, 0.5) is 0 Å². The first kappa shape index (κ1) is 25.3. The SMILES string of the molecule is [2H]c1c([2H])c([2H])c(-c2nc(-c3cccc(-c4cccc5c4-c4ccccc4C5(C)C)c3)nc(-c3ccc4c(c3)oc3cccc(-c5ccccc5)c34)n2)c([2H])c1[2H]. The lowest BCUT2D eigenvalue weighted by atomic mass is 9.82. The second-order valence-electron chi connectivity index (χ2n) is 13.6. The zero-order valence-electron chi connectivity index (χ0n) is 33.5. The first-order valence-corrected chi connectivity index (χ1v) is 17.3. The summed E-state index contributed by atoms with van der Waals surface area (Å²) >= 11 is 0. The van der Waals surface area contributed by atoms with Crippen LogP contribution < -0.4 is 0 Å². The van der Waals surface area contributed by atoms with Gasteiger partial charge in [-0.15, -0.1) is 0 Å². The first-order chi connectivity index (χ1) is 27.6. The van der Waals surface area contributed by atoms with E-state index in [-0.39, 0.29) is 34.7 Å². The average molecular weight is 673 g/mol. The second kappa shape index (κ2) is 11.7. The summed E-state index contributed by atoms with van der Waals surface area (Å²) in [7, 11) is 0. The summed E-state index contributed by atoms with van der Waals surface area (Å²) in [6.45, 7) is 4.52. The Morgan fingerprint density at radius 1 is 0.481 bits per heavy atom. The summed E-state index contributed by atoms with van der Waals surface area (Å²) < 4.78 is 49.1. The van der Waals surface area contributed by atoms with Crippen molar-refractivity contribution >= 4 is 21.9 Å². The van der Waals surface area contributed by atoms with Gasteiger partial charge in [-0.25, -0.2) is 15.0 Å². The van der Waals surface area contributed by atoms with Crippen molar-refractivity contribution < 1.29 is 11.3 Å². The molecule has 1 aliphatic carbocycles. The Morgan fingerprint density at radius 3 is 1.92 bits per heavy atom. The number of hydrogen-bond donors (Lipinski definition) is 0. The van der Waals surface area contributed by atoms with Crippen molar-refractivity contribution in [2.24, 2.45) is 0 Å². The zero-order chi connectivity index (χ0) is 39.2. The Labute approximate surface area is 309 Å². The molecule has 0 saturated carbocycles. The van der Waals surface area contributed by atoms with Crippen LogP contribution in [-0.2, 0) is 5.41 Å². The van der Waals surface area contributed by atoms with Crippen LogP contribution in [0.15, 0.2) is 168 Å². The van der Waals surface area contributed by atoms with E-state index in [9.17, 15) is 0 Å². The van der Waals surface area contributed by atoms with Crippen LogP contribution in [-0.4, -0.2) is 15.0 Å². The molecule has 2 heterocycles. The molecule has 0 atom stereocenters. The van der Waals surface area contributed by atoms with Gasteiger partial charge < -0.3 is 4.42 Å². The Balaban J connectivity index is 1.17. The molecule has 7 aromatic carbocycles. The monoisotopic (exact) mass is 672 g/mol. The van der Waals surface area contributed by atoms with Gasteiger partial charge in [0.1, 0.15) is 11.2 Å². The maximum atomic E-state index is 8.80. The number of nitrogens with zero attached hydrogens (tertiary/aromatic N) is 3. The summed E-state index contributed by atoms with van der Waals surface area (Å²) in [6.07, 6.45) is 0. The van der Waals surface area contributed by atoms with Gasteiger partial charge in [0.2, 0.25) is 0 Å². The van der Waals surface area contributed by atoms with E-state index in [1.54, 1.807) is 0 Å². The molecule has 4 heteroatoms. The van der Waals surface area contributed by atoms with Gasteiger partial charge in [-0.3, -0.25) is 0 Å². The van der Waals surface area contributed by atoms with Crippen LogP contribution in [0.1, 0.15) is 31.8 Å². The highest BCUT2D eigenvalue weighted by Gasteiger charge is 2.36. The van der Waals surface area contributed by atoms with Gasteiger partial charge in [0.15, 0.2) is 17.5 Å². The number of fused-ring (bicyclic) bond motifs is 6. The van der Waals surface area contributed by atoms with Crippen molar-refractivity contribution in [2.75, 3.05) is 0 Å². The van der Waals surface area contributed by atoms with Gasteiger partial charge in [0.25, 0.3) is 0 Å². The summed E-state index contributed by atoms with van der Waals surface area (Å²) in [5, 5.41) is 1.93. The molecule has 0 N–H and O–H groups in total. The van der Waals surface area contributed by atoms with E-state index in [1.165, 1.54) is 22.3 Å². The number of aromatic nitrogens is 3. The second-order valence-corrected chi connectivity index (χ2v) is 13.6. The first-order valence-electron chi connectivity index (χ1n) is 19.8. The number of rotatable bonds is 5. The highest BCUT2D eigenvalue weighted by molar-refractivity contribution is 6.13. The highest BCUT2D eigenvalue weighted by atomic mass is 16.3. The molecule has 0 aliphatic heterocycles. The van der Waals surface area contributed by atoms with Gasteiger partial charge >= 0.3 is 0 Å². The lowest BCUT2D eigenvalue weighted by Gasteiger charge is -2.21. The standard InChI is InChI=1S/C48H33N3O/c1-48(2)39-23-10-9-20-37(39)43-36(21-12-24-40(43)48)32-18-11-19-33(28-32)46-49-45(31-16-7-4-8-17-31)50-47(51-46)34-26-27-38-42(29-34)52-41-25-13-22-35(44(38)41)30-14-5-3-6-15-30/h3-29H,1-2H3/i4D,7D,8D,16D,17D. The minimum absolute atomic E-state index is 0.0234. The van der Waals surface area contributed by atoms with E-state index in [0.717, 1.165) is 38.6 Å². The minimum Gasteiger partial charge on any atom is -0.456 e. The van der Waals surface area contributed by atoms with Crippen LogP contribution >= 0.6 is 0 Å². The van der Waals surface area contributed by atoms with E-state index >= 15 is 0 Å². The fourth-order valence-electron chi connectivity index (χ4n) is 7.75. The van der Waals surface area contributed by atoms with E-state index in [2.05, 4.69) is 80.6 Å². The molecule has 0 fully saturated rings. The summed E-state index contributed by atoms with van der Waals surface area (Å²) in [5.41, 5.74) is 11.6. The predicted molar refractivity (Wildman–Crippen MR) is 212 cm³/mol. The molecule has 0 unspecified atom stereocenters. The minimum atomic E-state index is -0.485. The summed E-state index contributed by atoms with van der Waals surface area (Å²) in [4.78, 5) is 14.6. The smallest absolute Gasteiger partial charge is 0.164 e. The number of furan rings is 1. The van der Waals surface area contributed by atoms with Crippen LogP contribution in [0.25, 0.3) is 89.5 Å². The van der Waals surface area contributed by atoms with Crippen LogP contribution in [0.3, 0.4) is 0 Å². The largest absolute Gasteiger partial charge is 0.456 e. The van der Waals surface area contributed by atoms with E-state index in [4.69, 9.17) is 26.2 Å². The Bertz CT molecular complexity index is 3090. The van der Waals surface area contributed by atoms with Gasteiger partial charge in [-0.2, -0.15) is 0 Å². The summed E-state index contributed by atoms with van der Waals surface area (Å²) in [6, 6.07) is 42.8. The fourth-order valence-corrected chi connectivity index (χ4v) is 7.75. The third kappa shape index (κ3) is 4.79. The van der Waals surface area contributed by atoms with Crippen molar-refractivity contribution in [1.29, 1.82) is 0 Å². The Kier molecular flexibility index (Phi) is 5.70. The molecule has 2 aromatic heterocycles. The molecule has 0 amide bonds. The van der Waals surface area contributed by atoms with Crippen LogP contribution in [0, 0.1) is 0 Å². The molecular formula is C48H33N3O. The molecule has 52 heavy (non-hydrogen) atoms. The average Bonchev–Trinajstić information content (AvgIpc) is 3.74. The Morgan fingerprint density at radius 2 is 1.10 bits per heavy atom. The van der Waals surface area contributed by atoms with Crippen molar-refractivity contribution in [3.63, 3.8) is 0 Å². The maximum absolute atomic E-state index is 8.80. The van der Waals surface area contributed by atoms with Gasteiger partial charge in [-0.1, -0.05) is 153 Å². The number of hydrogen-bond acceptors (Lipinski definition) is 4. The molecule has 0 saturated heterocycles. The van der Waals surface area contributed by atoms with Gasteiger partial charge in [0, 0.05) is 32.9 Å². The fraction of sp³-hybridized carbons (Fsp3) is 0.0625. The molecule has 10 rings (SSSR count). The van der Waals surface area contributed by atoms with Crippen molar-refractivity contribution in [2.45, 2.75) is 19.3 Å². The molecular weight excluding hydrogens is 635 g/mol. The lowest BCUT2D eigenvalue weighted by molar-refractivity contribution is 0.660. The normalized spacial score (nSPS) is 14.3. The van der Waals surface area contributed by atoms with Crippen molar-refractivity contribution in [3.05, 3.63) is 175 Å². The van der Waals surface area contributed by atoms with Crippen LogP contribution in [0.2, 0.25) is 0 Å². The molecule has 0 radical (unpaired) electrons. The molecule has 0 spiro atoms. The van der Waals surface area contributed by atoms with Crippen molar-refractivity contribution in [3.8, 4) is 67.5 Å². The van der Waals surface area contributed by atoms with Crippen LogP contribution in [0.5, 0.6) is 0 Å². The van der Waals surface area contributed by atoms with E-state index in [0.29, 0.717) is 22.5 Å². The predicted octanol–water partition coefficient (Wildman–Crippen LogP) is 12.4. The van der Waals surface area contributed by atoms with Crippen molar-refractivity contribution in [1.82, 2.24) is 15.0 Å². The highest BCUT2D eigenvalue weighted by Crippen LogP contribution is 2.52. The lowest BCUT2D eigenvalue weighted by Crippen LogP contribution is -2.14. The van der Waals surface area contributed by atoms with E-state index in [1.807, 2.05) is 66.7 Å². The van der Waals surface area contributed by atoms with E-state index < -0.39 is 18.1 Å². The zero-order valence-corrected chi connectivity index (χ0v) is 28.5. The third-order valence-corrected chi connectivity index (χ3v) is 10.2. The molecule has 9 aromatic rings. The quantitative estimate of drug-likeness (QED) is 0.183. The molecule has 246 valence electrons. The summed E-state index contributed by atoms with van der Waals surface area (Å²) in [5.74, 6) is 0.548. The maximum Gasteiger partial charge on any atom is 0.164 e. The van der Waals surface area contributed by atoms with Gasteiger partial charge in [0.05, 0.1) is 6.85 Å². The molecule has 0 bridgehead atoms. The topological polar surface area (TPSA) is 51.8 Å².